The molecular weight excluding hydrogens is 232 g/mol. The highest BCUT2D eigenvalue weighted by Gasteiger charge is 2.24. The van der Waals surface area contributed by atoms with Gasteiger partial charge in [-0.1, -0.05) is 13.8 Å². The summed E-state index contributed by atoms with van der Waals surface area (Å²) in [5.41, 5.74) is 0. The first-order valence-corrected chi connectivity index (χ1v) is 6.58. The summed E-state index contributed by atoms with van der Waals surface area (Å²) in [4.78, 5) is 25.1. The molecule has 5 heteroatoms. The second-order valence-electron chi connectivity index (χ2n) is 5.29. The Balaban J connectivity index is 2.41. The first-order chi connectivity index (χ1) is 8.52. The molecule has 0 spiro atoms. The van der Waals surface area contributed by atoms with Gasteiger partial charge in [0.25, 0.3) is 0 Å². The van der Waals surface area contributed by atoms with Crippen LogP contribution in [0.15, 0.2) is 0 Å². The third kappa shape index (κ3) is 5.04. The Bertz CT molecular complexity index is 288. The van der Waals surface area contributed by atoms with Crippen LogP contribution in [0.1, 0.15) is 26.7 Å². The minimum absolute atomic E-state index is 0.152. The van der Waals surface area contributed by atoms with Crippen LogP contribution in [0, 0.1) is 11.8 Å². The van der Waals surface area contributed by atoms with Gasteiger partial charge in [-0.15, -0.1) is 0 Å². The van der Waals surface area contributed by atoms with Gasteiger partial charge in [-0.25, -0.2) is 0 Å². The number of amides is 1. The van der Waals surface area contributed by atoms with Gasteiger partial charge in [-0.05, 0) is 24.9 Å². The largest absolute Gasteiger partial charge is 0.469 e. The number of esters is 1. The van der Waals surface area contributed by atoms with E-state index in [0.717, 1.165) is 13.1 Å². The average Bonchev–Trinajstić information content (AvgIpc) is 2.27. The SMILES string of the molecule is COC(=O)CCN(CC(C)C)C(=O)CC1CNC1. The average molecular weight is 256 g/mol. The molecule has 1 N–H and O–H groups in total. The van der Waals surface area contributed by atoms with Crippen LogP contribution in [-0.4, -0.2) is 50.1 Å². The molecule has 1 saturated heterocycles. The lowest BCUT2D eigenvalue weighted by molar-refractivity contribution is -0.142. The maximum absolute atomic E-state index is 12.1. The third-order valence-corrected chi connectivity index (χ3v) is 3.08. The van der Waals surface area contributed by atoms with Crippen molar-refractivity contribution in [2.75, 3.05) is 33.3 Å². The van der Waals surface area contributed by atoms with E-state index in [4.69, 9.17) is 0 Å². The molecule has 1 fully saturated rings. The minimum Gasteiger partial charge on any atom is -0.469 e. The number of hydrogen-bond donors (Lipinski definition) is 1. The summed E-state index contributed by atoms with van der Waals surface area (Å²) < 4.78 is 4.61. The van der Waals surface area contributed by atoms with Gasteiger partial charge in [0, 0.05) is 19.5 Å². The van der Waals surface area contributed by atoms with Gasteiger partial charge in [0.15, 0.2) is 0 Å². The van der Waals surface area contributed by atoms with E-state index < -0.39 is 0 Å². The Morgan fingerprint density at radius 2 is 2.06 bits per heavy atom. The molecule has 1 heterocycles. The predicted octanol–water partition coefficient (Wildman–Crippen LogP) is 0.644. The molecule has 0 aromatic rings. The zero-order valence-electron chi connectivity index (χ0n) is 11.6. The molecule has 1 aliphatic heterocycles. The van der Waals surface area contributed by atoms with Crippen LogP contribution in [0.2, 0.25) is 0 Å². The molecule has 1 amide bonds. The number of carbonyl (C=O) groups excluding carboxylic acids is 2. The summed E-state index contributed by atoms with van der Waals surface area (Å²) in [6, 6.07) is 0. The van der Waals surface area contributed by atoms with Crippen LogP contribution in [0.3, 0.4) is 0 Å². The van der Waals surface area contributed by atoms with E-state index in [0.29, 0.717) is 31.3 Å². The summed E-state index contributed by atoms with van der Waals surface area (Å²) >= 11 is 0. The second-order valence-corrected chi connectivity index (χ2v) is 5.29. The zero-order chi connectivity index (χ0) is 13.5. The van der Waals surface area contributed by atoms with Crippen molar-refractivity contribution in [3.8, 4) is 0 Å². The summed E-state index contributed by atoms with van der Waals surface area (Å²) in [6.45, 7) is 7.17. The third-order valence-electron chi connectivity index (χ3n) is 3.08. The highest BCUT2D eigenvalue weighted by atomic mass is 16.5. The van der Waals surface area contributed by atoms with Crippen LogP contribution < -0.4 is 5.32 Å². The summed E-state index contributed by atoms with van der Waals surface area (Å²) in [6.07, 6.45) is 0.860. The lowest BCUT2D eigenvalue weighted by Gasteiger charge is -2.30. The summed E-state index contributed by atoms with van der Waals surface area (Å²) in [5.74, 6) is 0.761. The maximum Gasteiger partial charge on any atom is 0.307 e. The summed E-state index contributed by atoms with van der Waals surface area (Å²) in [7, 11) is 1.37. The van der Waals surface area contributed by atoms with E-state index in [1.807, 2.05) is 0 Å². The van der Waals surface area contributed by atoms with Crippen molar-refractivity contribution in [2.45, 2.75) is 26.7 Å². The Morgan fingerprint density at radius 1 is 1.39 bits per heavy atom. The van der Waals surface area contributed by atoms with Crippen molar-refractivity contribution < 1.29 is 14.3 Å². The topological polar surface area (TPSA) is 58.6 Å². The predicted molar refractivity (Wildman–Crippen MR) is 69.0 cm³/mol. The molecule has 0 aromatic carbocycles. The van der Waals surface area contributed by atoms with Crippen molar-refractivity contribution in [2.24, 2.45) is 11.8 Å². The molecule has 0 radical (unpaired) electrons. The fourth-order valence-corrected chi connectivity index (χ4v) is 1.96. The van der Waals surface area contributed by atoms with Crippen LogP contribution in [0.25, 0.3) is 0 Å². The van der Waals surface area contributed by atoms with E-state index in [1.165, 1.54) is 7.11 Å². The number of hydrogen-bond acceptors (Lipinski definition) is 4. The quantitative estimate of drug-likeness (QED) is 0.679. The van der Waals surface area contributed by atoms with Crippen LogP contribution >= 0.6 is 0 Å². The number of ether oxygens (including phenoxy) is 1. The van der Waals surface area contributed by atoms with Crippen molar-refractivity contribution in [1.82, 2.24) is 10.2 Å². The molecular formula is C13H24N2O3. The molecule has 104 valence electrons. The molecule has 0 saturated carbocycles. The van der Waals surface area contributed by atoms with Gasteiger partial charge in [0.2, 0.25) is 5.91 Å². The Labute approximate surface area is 109 Å². The fourth-order valence-electron chi connectivity index (χ4n) is 1.96. The van der Waals surface area contributed by atoms with Gasteiger partial charge in [0.05, 0.1) is 13.5 Å². The first-order valence-electron chi connectivity index (χ1n) is 6.58. The highest BCUT2D eigenvalue weighted by Crippen LogP contribution is 2.12. The lowest BCUT2D eigenvalue weighted by Crippen LogP contribution is -2.46. The molecule has 18 heavy (non-hydrogen) atoms. The zero-order valence-corrected chi connectivity index (χ0v) is 11.6. The van der Waals surface area contributed by atoms with E-state index in [9.17, 15) is 9.59 Å². The maximum atomic E-state index is 12.1. The highest BCUT2D eigenvalue weighted by molar-refractivity contribution is 5.77. The Hall–Kier alpha value is -1.10. The monoisotopic (exact) mass is 256 g/mol. The van der Waals surface area contributed by atoms with Gasteiger partial charge in [0.1, 0.15) is 0 Å². The number of rotatable bonds is 7. The number of methoxy groups -OCH3 is 1. The normalized spacial score (nSPS) is 15.3. The molecule has 0 atom stereocenters. The molecule has 0 bridgehead atoms. The molecule has 0 aromatic heterocycles. The molecule has 1 rings (SSSR count). The van der Waals surface area contributed by atoms with E-state index in [2.05, 4.69) is 23.9 Å². The summed E-state index contributed by atoms with van der Waals surface area (Å²) in [5, 5.41) is 3.16. The van der Waals surface area contributed by atoms with E-state index in [-0.39, 0.29) is 18.3 Å². The van der Waals surface area contributed by atoms with Crippen molar-refractivity contribution in [3.63, 3.8) is 0 Å². The van der Waals surface area contributed by atoms with E-state index in [1.54, 1.807) is 4.90 Å². The molecule has 1 aliphatic rings. The first kappa shape index (κ1) is 15.0. The molecule has 0 unspecified atom stereocenters. The molecule has 0 aliphatic carbocycles. The van der Waals surface area contributed by atoms with Gasteiger partial charge in [-0.3, -0.25) is 9.59 Å². The van der Waals surface area contributed by atoms with Crippen molar-refractivity contribution in [1.29, 1.82) is 0 Å². The number of nitrogens with zero attached hydrogens (tertiary/aromatic N) is 1. The van der Waals surface area contributed by atoms with E-state index >= 15 is 0 Å². The standard InChI is InChI=1S/C13H24N2O3/c1-10(2)9-15(5-4-13(17)18-3)12(16)6-11-7-14-8-11/h10-11,14H,4-9H2,1-3H3. The fraction of sp³-hybridized carbons (Fsp3) is 0.846. The smallest absolute Gasteiger partial charge is 0.307 e. The molecule has 5 nitrogen and oxygen atoms in total. The van der Waals surface area contributed by atoms with Gasteiger partial charge in [-0.2, -0.15) is 0 Å². The van der Waals surface area contributed by atoms with Crippen LogP contribution in [0.4, 0.5) is 0 Å². The Kier molecular flexibility index (Phi) is 6.12. The number of carbonyl (C=O) groups is 2. The lowest BCUT2D eigenvalue weighted by atomic mass is 9.98. The van der Waals surface area contributed by atoms with Crippen molar-refractivity contribution in [3.05, 3.63) is 0 Å². The van der Waals surface area contributed by atoms with Crippen molar-refractivity contribution >= 4 is 11.9 Å². The Morgan fingerprint density at radius 3 is 2.50 bits per heavy atom. The van der Waals surface area contributed by atoms with Gasteiger partial charge < -0.3 is 15.0 Å². The number of nitrogens with one attached hydrogen (secondary N) is 1. The van der Waals surface area contributed by atoms with Gasteiger partial charge >= 0.3 is 5.97 Å². The second kappa shape index (κ2) is 7.36. The van der Waals surface area contributed by atoms with Crippen LogP contribution in [-0.2, 0) is 14.3 Å². The van der Waals surface area contributed by atoms with Crippen LogP contribution in [0.5, 0.6) is 0 Å². The minimum atomic E-state index is -0.262.